The van der Waals surface area contributed by atoms with Crippen molar-refractivity contribution < 1.29 is 0 Å². The second-order valence-electron chi connectivity index (χ2n) is 7.84. The quantitative estimate of drug-likeness (QED) is 0.385. The van der Waals surface area contributed by atoms with Crippen molar-refractivity contribution in [3.8, 4) is 5.69 Å². The number of hydrogen-bond acceptors (Lipinski definition) is 3. The normalized spacial score (nSPS) is 24.8. The molecule has 0 saturated heterocycles. The SMILES string of the molecule is CN=C(NCc1nncn1-c1ccccc1)NC1CCC2CCCCC2C1.I. The fraction of sp³-hybridized carbons (Fsp3) is 0.571. The number of hydrogen-bond donors (Lipinski definition) is 2. The summed E-state index contributed by atoms with van der Waals surface area (Å²) in [4.78, 5) is 4.43. The highest BCUT2D eigenvalue weighted by molar-refractivity contribution is 14.0. The molecule has 2 N–H and O–H groups in total. The molecule has 0 spiro atoms. The molecule has 1 aromatic carbocycles. The number of para-hydroxylation sites is 1. The molecule has 152 valence electrons. The minimum atomic E-state index is 0. The summed E-state index contributed by atoms with van der Waals surface area (Å²) in [5.74, 6) is 3.61. The highest BCUT2D eigenvalue weighted by Gasteiger charge is 2.32. The molecule has 3 unspecified atom stereocenters. The van der Waals surface area contributed by atoms with Crippen LogP contribution in [0.4, 0.5) is 0 Å². The average Bonchev–Trinajstić information content (AvgIpc) is 3.20. The van der Waals surface area contributed by atoms with Gasteiger partial charge < -0.3 is 10.6 Å². The molecule has 7 heteroatoms. The lowest BCUT2D eigenvalue weighted by molar-refractivity contribution is 0.150. The van der Waals surface area contributed by atoms with E-state index >= 15 is 0 Å². The summed E-state index contributed by atoms with van der Waals surface area (Å²) in [6, 6.07) is 10.7. The van der Waals surface area contributed by atoms with E-state index in [9.17, 15) is 0 Å². The van der Waals surface area contributed by atoms with Crippen LogP contribution >= 0.6 is 24.0 Å². The average molecular weight is 494 g/mol. The molecule has 2 fully saturated rings. The summed E-state index contributed by atoms with van der Waals surface area (Å²) in [6.45, 7) is 0.591. The van der Waals surface area contributed by atoms with Gasteiger partial charge in [-0.3, -0.25) is 9.56 Å². The van der Waals surface area contributed by atoms with Gasteiger partial charge in [0.05, 0.1) is 6.54 Å². The molecule has 4 rings (SSSR count). The zero-order valence-corrected chi connectivity index (χ0v) is 18.9. The number of nitrogens with zero attached hydrogens (tertiary/aromatic N) is 4. The van der Waals surface area contributed by atoms with Gasteiger partial charge in [-0.15, -0.1) is 34.2 Å². The Balaban J connectivity index is 0.00000225. The molecule has 0 radical (unpaired) electrons. The van der Waals surface area contributed by atoms with E-state index in [4.69, 9.17) is 0 Å². The van der Waals surface area contributed by atoms with Crippen LogP contribution in [0.1, 0.15) is 50.8 Å². The molecule has 2 saturated carbocycles. The number of nitrogens with one attached hydrogen (secondary N) is 2. The van der Waals surface area contributed by atoms with Crippen LogP contribution in [-0.4, -0.2) is 33.8 Å². The van der Waals surface area contributed by atoms with Gasteiger partial charge in [0, 0.05) is 18.8 Å². The number of halogens is 1. The Morgan fingerprint density at radius 2 is 1.89 bits per heavy atom. The first-order valence-corrected chi connectivity index (χ1v) is 10.2. The van der Waals surface area contributed by atoms with Crippen molar-refractivity contribution in [2.24, 2.45) is 16.8 Å². The standard InChI is InChI=1S/C21H30N6.HI/c1-22-21(25-18-12-11-16-7-5-6-8-17(16)13-18)23-14-20-26-24-15-27(20)19-9-3-2-4-10-19;/h2-4,9-10,15-18H,5-8,11-14H2,1H3,(H2,22,23,25);1H. The topological polar surface area (TPSA) is 67.1 Å². The van der Waals surface area contributed by atoms with E-state index in [0.717, 1.165) is 29.3 Å². The van der Waals surface area contributed by atoms with Crippen LogP contribution in [-0.2, 0) is 6.54 Å². The van der Waals surface area contributed by atoms with Gasteiger partial charge >= 0.3 is 0 Å². The van der Waals surface area contributed by atoms with Crippen LogP contribution in [0.3, 0.4) is 0 Å². The second-order valence-corrected chi connectivity index (χ2v) is 7.84. The predicted molar refractivity (Wildman–Crippen MR) is 123 cm³/mol. The van der Waals surface area contributed by atoms with Gasteiger partial charge in [0.15, 0.2) is 11.8 Å². The molecule has 28 heavy (non-hydrogen) atoms. The van der Waals surface area contributed by atoms with Crippen molar-refractivity contribution in [2.75, 3.05) is 7.05 Å². The van der Waals surface area contributed by atoms with Crippen LogP contribution in [0, 0.1) is 11.8 Å². The number of aliphatic imine (C=N–C) groups is 1. The molecule has 0 aliphatic heterocycles. The maximum absolute atomic E-state index is 4.43. The van der Waals surface area contributed by atoms with Crippen LogP contribution in [0.15, 0.2) is 41.7 Å². The number of rotatable bonds is 4. The third-order valence-corrected chi connectivity index (χ3v) is 6.17. The summed E-state index contributed by atoms with van der Waals surface area (Å²) in [5, 5.41) is 15.4. The third-order valence-electron chi connectivity index (χ3n) is 6.17. The monoisotopic (exact) mass is 494 g/mol. The smallest absolute Gasteiger partial charge is 0.191 e. The summed E-state index contributed by atoms with van der Waals surface area (Å²) in [6.07, 6.45) is 11.4. The lowest BCUT2D eigenvalue weighted by Crippen LogP contribution is -2.46. The molecule has 1 heterocycles. The Kier molecular flexibility index (Phi) is 7.70. The highest BCUT2D eigenvalue weighted by atomic mass is 127. The molecule has 6 nitrogen and oxygen atoms in total. The Bertz CT molecular complexity index is 759. The summed E-state index contributed by atoms with van der Waals surface area (Å²) >= 11 is 0. The number of guanidine groups is 1. The Morgan fingerprint density at radius 1 is 1.11 bits per heavy atom. The molecule has 0 amide bonds. The minimum Gasteiger partial charge on any atom is -0.354 e. The van der Waals surface area contributed by atoms with Gasteiger partial charge in [0.2, 0.25) is 0 Å². The first kappa shape index (κ1) is 21.1. The van der Waals surface area contributed by atoms with Crippen molar-refractivity contribution >= 4 is 29.9 Å². The maximum atomic E-state index is 4.43. The van der Waals surface area contributed by atoms with Gasteiger partial charge in [-0.2, -0.15) is 0 Å². The number of benzene rings is 1. The fourth-order valence-electron chi connectivity index (χ4n) is 4.74. The number of aromatic nitrogens is 3. The van der Waals surface area contributed by atoms with E-state index < -0.39 is 0 Å². The Morgan fingerprint density at radius 3 is 2.68 bits per heavy atom. The van der Waals surface area contributed by atoms with Gasteiger partial charge in [-0.1, -0.05) is 43.9 Å². The summed E-state index contributed by atoms with van der Waals surface area (Å²) < 4.78 is 2.01. The lowest BCUT2D eigenvalue weighted by Gasteiger charge is -2.39. The van der Waals surface area contributed by atoms with E-state index in [-0.39, 0.29) is 24.0 Å². The van der Waals surface area contributed by atoms with Crippen LogP contribution < -0.4 is 10.6 Å². The van der Waals surface area contributed by atoms with Crippen molar-refractivity contribution in [1.29, 1.82) is 0 Å². The van der Waals surface area contributed by atoms with E-state index in [1.165, 1.54) is 44.9 Å². The third kappa shape index (κ3) is 5.04. The van der Waals surface area contributed by atoms with Gasteiger partial charge in [0.1, 0.15) is 6.33 Å². The summed E-state index contributed by atoms with van der Waals surface area (Å²) in [7, 11) is 1.84. The van der Waals surface area contributed by atoms with Crippen LogP contribution in [0.25, 0.3) is 5.69 Å². The van der Waals surface area contributed by atoms with Crippen molar-refractivity contribution in [3.05, 3.63) is 42.5 Å². The molecular formula is C21H31IN6. The zero-order chi connectivity index (χ0) is 18.5. The lowest BCUT2D eigenvalue weighted by atomic mass is 9.69. The molecule has 0 bridgehead atoms. The van der Waals surface area contributed by atoms with E-state index in [0.29, 0.717) is 12.6 Å². The van der Waals surface area contributed by atoms with E-state index in [2.05, 4.69) is 38.0 Å². The number of fused-ring (bicyclic) bond motifs is 1. The predicted octanol–water partition coefficient (Wildman–Crippen LogP) is 3.91. The second kappa shape index (κ2) is 10.2. The molecule has 3 atom stereocenters. The molecule has 2 aromatic rings. The minimum absolute atomic E-state index is 0. The van der Waals surface area contributed by atoms with Gasteiger partial charge in [-0.05, 0) is 43.2 Å². The van der Waals surface area contributed by atoms with Gasteiger partial charge in [-0.25, -0.2) is 0 Å². The Hall–Kier alpha value is -1.64. The first-order valence-electron chi connectivity index (χ1n) is 10.2. The van der Waals surface area contributed by atoms with Crippen LogP contribution in [0.5, 0.6) is 0 Å². The Labute approximate surface area is 184 Å². The van der Waals surface area contributed by atoms with Crippen molar-refractivity contribution in [3.63, 3.8) is 0 Å². The first-order chi connectivity index (χ1) is 13.3. The van der Waals surface area contributed by atoms with Crippen molar-refractivity contribution in [1.82, 2.24) is 25.4 Å². The molecule has 1 aromatic heterocycles. The molecular weight excluding hydrogens is 463 g/mol. The van der Waals surface area contributed by atoms with Crippen molar-refractivity contribution in [2.45, 2.75) is 57.5 Å². The van der Waals surface area contributed by atoms with E-state index in [1.807, 2.05) is 29.8 Å². The maximum Gasteiger partial charge on any atom is 0.191 e. The fourth-order valence-corrected chi connectivity index (χ4v) is 4.74. The molecule has 2 aliphatic carbocycles. The van der Waals surface area contributed by atoms with Gasteiger partial charge in [0.25, 0.3) is 0 Å². The highest BCUT2D eigenvalue weighted by Crippen LogP contribution is 2.40. The largest absolute Gasteiger partial charge is 0.354 e. The summed E-state index contributed by atoms with van der Waals surface area (Å²) in [5.41, 5.74) is 1.07. The van der Waals surface area contributed by atoms with E-state index in [1.54, 1.807) is 6.33 Å². The van der Waals surface area contributed by atoms with Crippen LogP contribution in [0.2, 0.25) is 0 Å². The molecule has 2 aliphatic rings. The zero-order valence-electron chi connectivity index (χ0n) is 16.6.